The van der Waals surface area contributed by atoms with Gasteiger partial charge >= 0.3 is 101 Å². The summed E-state index contributed by atoms with van der Waals surface area (Å²) in [6.07, 6.45) is 2.56. The molecule has 0 aliphatic carbocycles. The third kappa shape index (κ3) is 34.8. The van der Waals surface area contributed by atoms with Crippen LogP contribution in [0.2, 0.25) is 0 Å². The smallest absolute Gasteiger partial charge is 1.00 e. The van der Waals surface area contributed by atoms with Crippen molar-refractivity contribution < 1.29 is 172 Å². The number of ether oxygens (including phenoxy) is 8. The number of hydrogen-bond acceptors (Lipinski definition) is 15. The van der Waals surface area contributed by atoms with Gasteiger partial charge in [-0.05, 0) is 145 Å². The number of allylic oxidation sites excluding steroid dienone is 3. The Kier molecular flexibility index (Phi) is 46.5. The van der Waals surface area contributed by atoms with Crippen LogP contribution < -0.4 is 103 Å². The van der Waals surface area contributed by atoms with E-state index >= 15 is 0 Å². The van der Waals surface area contributed by atoms with Gasteiger partial charge in [0.25, 0.3) is 0 Å². The maximum Gasteiger partial charge on any atom is 1.00 e. The van der Waals surface area contributed by atoms with Crippen LogP contribution >= 0.6 is 31.9 Å². The zero-order valence-corrected chi connectivity index (χ0v) is 71.1. The molecule has 0 amide bonds. The van der Waals surface area contributed by atoms with Crippen LogP contribution in [-0.2, 0) is 55.7 Å². The quantitative estimate of drug-likeness (QED) is 0.0236. The first-order chi connectivity index (χ1) is 53.9. The number of carboxylic acid groups (broad SMARTS) is 3. The van der Waals surface area contributed by atoms with Gasteiger partial charge in [0.15, 0.2) is 0 Å². The first-order valence-electron chi connectivity index (χ1n) is 35.1. The average Bonchev–Trinajstić information content (AvgIpc) is 0.883. The van der Waals surface area contributed by atoms with Gasteiger partial charge in [-0.15, -0.1) is 6.58 Å². The van der Waals surface area contributed by atoms with E-state index in [1.807, 2.05) is 226 Å². The van der Waals surface area contributed by atoms with Gasteiger partial charge in [-0.1, -0.05) is 225 Å². The van der Waals surface area contributed by atoms with Crippen molar-refractivity contribution in [3.63, 3.8) is 0 Å². The minimum Gasteiger partial charge on any atom is -1.00 e. The summed E-state index contributed by atoms with van der Waals surface area (Å²) in [5.41, 5.74) is 9.96. The predicted molar refractivity (Wildman–Crippen MR) is 440 cm³/mol. The number of phenolic OH excluding ortho intramolecular Hbond substituents is 1. The molecule has 0 bridgehead atoms. The first-order valence-corrected chi connectivity index (χ1v) is 36.7. The Morgan fingerprint density at radius 1 is 0.379 bits per heavy atom. The van der Waals surface area contributed by atoms with Crippen LogP contribution in [0.25, 0.3) is 11.1 Å². The van der Waals surface area contributed by atoms with Crippen LogP contribution in [0.5, 0.6) is 46.0 Å². The number of esters is 1. The molecule has 0 radical (unpaired) electrons. The Morgan fingerprint density at radius 3 is 0.905 bits per heavy atom. The van der Waals surface area contributed by atoms with E-state index in [1.54, 1.807) is 30.3 Å². The Bertz CT molecular complexity index is 4790. The fourth-order valence-corrected chi connectivity index (χ4v) is 10.8. The second-order valence-corrected chi connectivity index (χ2v) is 26.6. The van der Waals surface area contributed by atoms with Gasteiger partial charge in [0.2, 0.25) is 0 Å². The minimum atomic E-state index is -2.34. The Balaban J connectivity index is 0.000000391. The standard InChI is InChI=1S/C31H28O4.C24H22O4.C21H17BrO4.C7H5BrO4.C4H8O.C3H5BF2.FH.K.Li.H2O/c1-23(2)27-18-28(31(32)35-22-26-16-10-5-11-17-26)30(34-21-25-14-8-4-9-15-25)19-29(27)33-20-24-12-6-3-7-13-24;1-17(2)20-13-21(24(25)26)23(28-16-19-11-7-4-8-12-19)14-22(20)27-15-18-9-5-3-6-10-18;22-18-11-17(21(23)24)19(25-13-15-7-3-1-4-8-15)12-20(18)26-14-16-9-5-2-6-10-16;8-4-1-3(7(11)12)5(9)2-6(4)10;1-2-4-5-3-1;1-3(2)4(5)6;;;;/h3-19H,1,20-22H2,2H3;3-14H,1,15-16H2,2H3,(H,25,26);1-12H,13-14H2,(H,23,24);1-2,9-10H,(H,11,12);1-4H2;1H2,2H3;1H;;;1H2/q;;;;;;;2*+1;/p-2. The number of carbonyl (C=O) groups excluding carboxylic acids is 1. The molecule has 1 aliphatic heterocycles. The van der Waals surface area contributed by atoms with Crippen LogP contribution in [0, 0.1) is 0 Å². The summed E-state index contributed by atoms with van der Waals surface area (Å²) in [7, 11) is -2.34. The summed E-state index contributed by atoms with van der Waals surface area (Å²) in [5, 5.41) is 45.6. The number of carbonyl (C=O) groups is 4. The minimum absolute atomic E-state index is 0. The van der Waals surface area contributed by atoms with Crippen LogP contribution in [0.1, 0.15) is 125 Å². The number of benzene rings is 11. The zero-order valence-electron chi connectivity index (χ0n) is 64.8. The van der Waals surface area contributed by atoms with Gasteiger partial charge in [-0.25, -0.2) is 19.2 Å². The molecule has 11 aromatic rings. The predicted octanol–water partition coefficient (Wildman–Crippen LogP) is 12.8. The van der Waals surface area contributed by atoms with Crippen molar-refractivity contribution in [1.82, 2.24) is 0 Å². The largest absolute Gasteiger partial charge is 1.00 e. The van der Waals surface area contributed by atoms with E-state index in [4.69, 9.17) is 53.2 Å². The number of aromatic carboxylic acids is 3. The number of carboxylic acids is 3. The third-order valence-corrected chi connectivity index (χ3v) is 17.2. The fraction of sp³-hybridized carbons (Fsp3) is 0.156. The molecular weight excluding hydrogens is 1640 g/mol. The molecular formula is C90H86BBr2F3KLiO18. The van der Waals surface area contributed by atoms with Crippen LogP contribution in [0.3, 0.4) is 0 Å². The molecule has 116 heavy (non-hydrogen) atoms. The number of hydrogen-bond donors (Lipinski definition) is 5. The molecule has 6 N–H and O–H groups in total. The number of rotatable bonds is 27. The Morgan fingerprint density at radius 2 is 0.629 bits per heavy atom. The second kappa shape index (κ2) is 53.9. The molecule has 1 heterocycles. The summed E-state index contributed by atoms with van der Waals surface area (Å²) in [4.78, 5) is 46.8. The van der Waals surface area contributed by atoms with Crippen LogP contribution in [0.15, 0.2) is 295 Å². The first kappa shape index (κ1) is 100. The van der Waals surface area contributed by atoms with Crippen molar-refractivity contribution in [2.24, 2.45) is 0 Å². The molecule has 12 rings (SSSR count). The maximum atomic E-state index is 13.1. The number of phenols is 2. The van der Waals surface area contributed by atoms with Gasteiger partial charge in [-0.2, -0.15) is 0 Å². The molecule has 0 spiro atoms. The maximum absolute atomic E-state index is 13.1. The van der Waals surface area contributed by atoms with Crippen LogP contribution in [0.4, 0.5) is 8.63 Å². The molecule has 0 aromatic heterocycles. The summed E-state index contributed by atoms with van der Waals surface area (Å²) < 4.78 is 69.1. The fourth-order valence-electron chi connectivity index (χ4n) is 9.97. The van der Waals surface area contributed by atoms with Crippen molar-refractivity contribution >= 4 is 74.2 Å². The molecule has 1 saturated heterocycles. The van der Waals surface area contributed by atoms with E-state index in [0.717, 1.165) is 81.0 Å². The monoisotopic (exact) mass is 1730 g/mol. The van der Waals surface area contributed by atoms with Crippen molar-refractivity contribution in [2.45, 2.75) is 79.9 Å². The van der Waals surface area contributed by atoms with E-state index in [2.05, 4.69) is 51.6 Å². The normalized spacial score (nSPS) is 10.4. The second-order valence-electron chi connectivity index (χ2n) is 24.9. The molecule has 18 nitrogen and oxygen atoms in total. The van der Waals surface area contributed by atoms with E-state index in [1.165, 1.54) is 25.8 Å². The molecule has 0 saturated carbocycles. The molecule has 1 aliphatic rings. The van der Waals surface area contributed by atoms with E-state index in [-0.39, 0.29) is 144 Å². The Labute approximate surface area is 745 Å². The summed E-state index contributed by atoms with van der Waals surface area (Å²) in [5.74, 6) is -1.85. The number of halogens is 5. The average molecular weight is 1730 g/mol. The van der Waals surface area contributed by atoms with Crippen molar-refractivity contribution in [3.8, 4) is 46.0 Å². The van der Waals surface area contributed by atoms with E-state index < -0.39 is 36.9 Å². The molecule has 1 fully saturated rings. The summed E-state index contributed by atoms with van der Waals surface area (Å²) in [6, 6.07) is 79.9. The molecule has 594 valence electrons. The van der Waals surface area contributed by atoms with E-state index in [9.17, 15) is 38.0 Å². The van der Waals surface area contributed by atoms with Crippen molar-refractivity contribution in [3.05, 3.63) is 367 Å². The van der Waals surface area contributed by atoms with E-state index in [0.29, 0.717) is 65.0 Å². The van der Waals surface area contributed by atoms with Gasteiger partial charge in [0.1, 0.15) is 114 Å². The van der Waals surface area contributed by atoms with Gasteiger partial charge in [0.05, 0.1) is 8.95 Å². The topological polar surface area (TPSA) is 273 Å². The molecule has 11 aromatic carbocycles. The van der Waals surface area contributed by atoms with Gasteiger partial charge in [0, 0.05) is 48.6 Å². The van der Waals surface area contributed by atoms with Gasteiger partial charge in [-0.3, -0.25) is 8.63 Å². The number of aromatic hydroxyl groups is 2. The Hall–Kier alpha value is -10.1. The summed E-state index contributed by atoms with van der Waals surface area (Å²) in [6.45, 7) is 20.2. The summed E-state index contributed by atoms with van der Waals surface area (Å²) >= 11 is 6.30. The molecule has 26 heteroatoms. The molecule has 0 unspecified atom stereocenters. The van der Waals surface area contributed by atoms with Crippen molar-refractivity contribution in [1.29, 1.82) is 0 Å². The van der Waals surface area contributed by atoms with Crippen molar-refractivity contribution in [2.75, 3.05) is 13.2 Å². The third-order valence-electron chi connectivity index (χ3n) is 15.9. The molecule has 0 atom stereocenters. The van der Waals surface area contributed by atoms with Crippen LogP contribution in [-0.4, -0.2) is 75.4 Å². The van der Waals surface area contributed by atoms with Gasteiger partial charge < -0.3 is 73.6 Å². The SMILES string of the molecule is C1CCOC1.C=C(C)B(F)F.C=C(C)c1cc(C(=O)O)c(OCc2ccccc2)cc1OCc1ccccc1.C=C(C)c1cc(C(=O)OCc2ccccc2)c(OCc2ccccc2)cc1OCc1ccccc1.O=C(O)c1cc(Br)c(O)cc1O.O=C(O)c1cc(Br)c(OCc2ccccc2)cc1OCc1ccccc1.[F-].[K+].[Li+].[OH-]. The zero-order chi connectivity index (χ0) is 80.7.